The molecule has 0 unspecified atom stereocenters. The number of methoxy groups -OCH3 is 1. The number of hydrogen-bond acceptors (Lipinski definition) is 5. The van der Waals surface area contributed by atoms with Gasteiger partial charge in [-0.25, -0.2) is 4.79 Å². The molecule has 0 saturated heterocycles. The molecule has 0 atom stereocenters. The molecule has 0 aliphatic heterocycles. The number of Topliss-reactive ketones (excluding diaryl/α,β-unsaturated/α-hetero) is 1. The van der Waals surface area contributed by atoms with Gasteiger partial charge in [-0.15, -0.1) is 0 Å². The van der Waals surface area contributed by atoms with Crippen LogP contribution in [-0.4, -0.2) is 31.4 Å². The van der Waals surface area contributed by atoms with E-state index in [1.165, 1.54) is 13.2 Å². The second kappa shape index (κ2) is 9.32. The average Bonchev–Trinajstić information content (AvgIpc) is 2.78. The van der Waals surface area contributed by atoms with E-state index in [0.717, 1.165) is 0 Å². The predicted molar refractivity (Wildman–Crippen MR) is 108 cm³/mol. The van der Waals surface area contributed by atoms with Crippen LogP contribution in [0.2, 0.25) is 0 Å². The Hall–Kier alpha value is -3.93. The molecule has 0 fully saturated rings. The first-order chi connectivity index (χ1) is 14.1. The zero-order valence-electron chi connectivity index (χ0n) is 15.8. The van der Waals surface area contributed by atoms with Gasteiger partial charge in [-0.3, -0.25) is 9.59 Å². The number of amides is 1. The zero-order valence-corrected chi connectivity index (χ0v) is 15.8. The molecule has 6 heteroatoms. The van der Waals surface area contributed by atoms with Crippen molar-refractivity contribution < 1.29 is 23.9 Å². The lowest BCUT2D eigenvalue weighted by Crippen LogP contribution is -2.15. The average molecular weight is 389 g/mol. The molecule has 3 aromatic rings. The van der Waals surface area contributed by atoms with Crippen LogP contribution in [-0.2, 0) is 4.74 Å². The van der Waals surface area contributed by atoms with Crippen molar-refractivity contribution in [1.29, 1.82) is 0 Å². The number of carbonyl (C=O) groups is 3. The number of carbonyl (C=O) groups excluding carboxylic acids is 3. The van der Waals surface area contributed by atoms with E-state index in [1.54, 1.807) is 66.7 Å². The van der Waals surface area contributed by atoms with Crippen molar-refractivity contribution in [2.45, 2.75) is 0 Å². The van der Waals surface area contributed by atoms with Crippen molar-refractivity contribution >= 4 is 23.3 Å². The van der Waals surface area contributed by atoms with E-state index in [-0.39, 0.29) is 23.9 Å². The maximum absolute atomic E-state index is 12.3. The first kappa shape index (κ1) is 19.8. The topological polar surface area (TPSA) is 81.7 Å². The summed E-state index contributed by atoms with van der Waals surface area (Å²) in [6, 6.07) is 21.6. The summed E-state index contributed by atoms with van der Waals surface area (Å²) in [6.07, 6.45) is 0. The third-order valence-electron chi connectivity index (χ3n) is 4.14. The first-order valence-corrected chi connectivity index (χ1v) is 8.87. The van der Waals surface area contributed by atoms with Crippen molar-refractivity contribution in [3.8, 4) is 5.75 Å². The molecule has 29 heavy (non-hydrogen) atoms. The number of rotatable bonds is 7. The number of esters is 1. The summed E-state index contributed by atoms with van der Waals surface area (Å²) in [5.41, 5.74) is 1.61. The van der Waals surface area contributed by atoms with Gasteiger partial charge in [0.25, 0.3) is 5.91 Å². The van der Waals surface area contributed by atoms with E-state index in [1.807, 2.05) is 6.07 Å². The van der Waals surface area contributed by atoms with Gasteiger partial charge < -0.3 is 14.8 Å². The van der Waals surface area contributed by atoms with E-state index in [0.29, 0.717) is 22.6 Å². The highest BCUT2D eigenvalue weighted by molar-refractivity contribution is 6.05. The van der Waals surface area contributed by atoms with E-state index < -0.39 is 5.97 Å². The Morgan fingerprint density at radius 3 is 2.17 bits per heavy atom. The molecule has 0 aliphatic rings. The highest BCUT2D eigenvalue weighted by atomic mass is 16.5. The number of hydrogen-bond donors (Lipinski definition) is 1. The van der Waals surface area contributed by atoms with Crippen molar-refractivity contribution in [3.63, 3.8) is 0 Å². The Kier molecular flexibility index (Phi) is 6.37. The second-order valence-electron chi connectivity index (χ2n) is 6.13. The molecule has 1 N–H and O–H groups in total. The Labute approximate surface area is 168 Å². The maximum atomic E-state index is 12.3. The van der Waals surface area contributed by atoms with Gasteiger partial charge in [-0.2, -0.15) is 0 Å². The van der Waals surface area contributed by atoms with E-state index >= 15 is 0 Å². The van der Waals surface area contributed by atoms with Crippen LogP contribution in [0.4, 0.5) is 5.69 Å². The maximum Gasteiger partial charge on any atom is 0.338 e. The van der Waals surface area contributed by atoms with Gasteiger partial charge in [0.05, 0.1) is 12.7 Å². The minimum absolute atomic E-state index is 0.235. The molecule has 3 aromatic carbocycles. The van der Waals surface area contributed by atoms with Crippen molar-refractivity contribution in [2.75, 3.05) is 19.0 Å². The van der Waals surface area contributed by atoms with Crippen LogP contribution >= 0.6 is 0 Å². The molecule has 0 saturated carbocycles. The van der Waals surface area contributed by atoms with E-state index in [9.17, 15) is 14.4 Å². The lowest BCUT2D eigenvalue weighted by Gasteiger charge is -2.08. The van der Waals surface area contributed by atoms with Crippen LogP contribution in [0.1, 0.15) is 31.1 Å². The van der Waals surface area contributed by atoms with Gasteiger partial charge in [0, 0.05) is 16.8 Å². The predicted octanol–water partition coefficient (Wildman–Crippen LogP) is 3.99. The summed E-state index contributed by atoms with van der Waals surface area (Å²) < 4.78 is 10.2. The smallest absolute Gasteiger partial charge is 0.338 e. The largest absolute Gasteiger partial charge is 0.497 e. The quantitative estimate of drug-likeness (QED) is 0.488. The fourth-order valence-corrected chi connectivity index (χ4v) is 2.59. The van der Waals surface area contributed by atoms with Crippen LogP contribution in [0.15, 0.2) is 78.9 Å². The molecule has 146 valence electrons. The Bertz CT molecular complexity index is 1010. The zero-order chi connectivity index (χ0) is 20.6. The molecule has 0 aromatic heterocycles. The number of anilines is 1. The Morgan fingerprint density at radius 1 is 0.793 bits per heavy atom. The van der Waals surface area contributed by atoms with E-state index in [2.05, 4.69) is 5.32 Å². The standard InChI is InChI=1S/C23H19NO5/c1-28-20-12-10-16(11-13-20)21(25)15-29-23(27)18-8-5-9-19(14-18)24-22(26)17-6-3-2-4-7-17/h2-14H,15H2,1H3,(H,24,26). The molecule has 0 bridgehead atoms. The molecule has 3 rings (SSSR count). The molecule has 0 radical (unpaired) electrons. The fourth-order valence-electron chi connectivity index (χ4n) is 2.59. The molecule has 0 spiro atoms. The molecular formula is C23H19NO5. The molecule has 0 heterocycles. The third kappa shape index (κ3) is 5.29. The molecule has 0 aliphatic carbocycles. The van der Waals surface area contributed by atoms with Gasteiger partial charge in [0.2, 0.25) is 0 Å². The van der Waals surface area contributed by atoms with Crippen LogP contribution < -0.4 is 10.1 Å². The SMILES string of the molecule is COc1ccc(C(=O)COC(=O)c2cccc(NC(=O)c3ccccc3)c2)cc1. The molecular weight excluding hydrogens is 370 g/mol. The van der Waals surface area contributed by atoms with Gasteiger partial charge in [0.1, 0.15) is 5.75 Å². The van der Waals surface area contributed by atoms with E-state index in [4.69, 9.17) is 9.47 Å². The van der Waals surface area contributed by atoms with Crippen LogP contribution in [0, 0.1) is 0 Å². The summed E-state index contributed by atoms with van der Waals surface area (Å²) in [4.78, 5) is 36.7. The first-order valence-electron chi connectivity index (χ1n) is 8.87. The third-order valence-corrected chi connectivity index (χ3v) is 4.14. The lowest BCUT2D eigenvalue weighted by molar-refractivity contribution is 0.0474. The number of nitrogens with one attached hydrogen (secondary N) is 1. The molecule has 6 nitrogen and oxygen atoms in total. The van der Waals surface area contributed by atoms with Gasteiger partial charge in [0.15, 0.2) is 12.4 Å². The Balaban J connectivity index is 1.60. The highest BCUT2D eigenvalue weighted by Crippen LogP contribution is 2.15. The normalized spacial score (nSPS) is 10.1. The lowest BCUT2D eigenvalue weighted by atomic mass is 10.1. The fraction of sp³-hybridized carbons (Fsp3) is 0.0870. The summed E-state index contributed by atoms with van der Waals surface area (Å²) in [7, 11) is 1.54. The van der Waals surface area contributed by atoms with Crippen molar-refractivity contribution in [1.82, 2.24) is 0 Å². The minimum Gasteiger partial charge on any atom is -0.497 e. The van der Waals surface area contributed by atoms with Crippen LogP contribution in [0.25, 0.3) is 0 Å². The molecule has 1 amide bonds. The minimum atomic E-state index is -0.650. The second-order valence-corrected chi connectivity index (χ2v) is 6.13. The summed E-state index contributed by atoms with van der Waals surface area (Å²) >= 11 is 0. The van der Waals surface area contributed by atoms with Gasteiger partial charge >= 0.3 is 5.97 Å². The summed E-state index contributed by atoms with van der Waals surface area (Å²) in [5.74, 6) is -0.629. The monoisotopic (exact) mass is 389 g/mol. The number of benzene rings is 3. The van der Waals surface area contributed by atoms with Crippen LogP contribution in [0.5, 0.6) is 5.75 Å². The Morgan fingerprint density at radius 2 is 1.48 bits per heavy atom. The van der Waals surface area contributed by atoms with Gasteiger partial charge in [-0.05, 0) is 54.6 Å². The van der Waals surface area contributed by atoms with Gasteiger partial charge in [-0.1, -0.05) is 24.3 Å². The van der Waals surface area contributed by atoms with Crippen molar-refractivity contribution in [3.05, 3.63) is 95.6 Å². The van der Waals surface area contributed by atoms with Crippen LogP contribution in [0.3, 0.4) is 0 Å². The van der Waals surface area contributed by atoms with Crippen molar-refractivity contribution in [2.24, 2.45) is 0 Å². The number of ketones is 1. The highest BCUT2D eigenvalue weighted by Gasteiger charge is 2.13. The summed E-state index contributed by atoms with van der Waals surface area (Å²) in [5, 5.41) is 2.73. The number of ether oxygens (including phenoxy) is 2. The summed E-state index contributed by atoms with van der Waals surface area (Å²) in [6.45, 7) is -0.383.